The summed E-state index contributed by atoms with van der Waals surface area (Å²) in [4.78, 5) is 32.3. The lowest BCUT2D eigenvalue weighted by atomic mass is 9.95. The van der Waals surface area contributed by atoms with Crippen LogP contribution in [0.1, 0.15) is 37.5 Å². The fraction of sp³-hybridized carbons (Fsp3) is 0.355. The Morgan fingerprint density at radius 1 is 1.05 bits per heavy atom. The van der Waals surface area contributed by atoms with E-state index >= 15 is 4.39 Å². The number of fused-ring (bicyclic) bond motifs is 3. The van der Waals surface area contributed by atoms with E-state index in [4.69, 9.17) is 14.7 Å². The maximum Gasteiger partial charge on any atom is 0.410 e. The monoisotopic (exact) mass is 555 g/mol. The largest absolute Gasteiger partial charge is 0.444 e. The maximum absolute atomic E-state index is 15.2. The lowest BCUT2D eigenvalue weighted by molar-refractivity contribution is 0.0240. The normalized spacial score (nSPS) is 16.6. The Balaban J connectivity index is 1.17. The highest BCUT2D eigenvalue weighted by atomic mass is 19.1. The van der Waals surface area contributed by atoms with Gasteiger partial charge >= 0.3 is 6.09 Å². The van der Waals surface area contributed by atoms with Gasteiger partial charge in [0.2, 0.25) is 5.95 Å². The van der Waals surface area contributed by atoms with Gasteiger partial charge in [-0.3, -0.25) is 4.99 Å². The first-order valence-electron chi connectivity index (χ1n) is 13.9. The number of benzene rings is 2. The van der Waals surface area contributed by atoms with Gasteiger partial charge in [0.1, 0.15) is 23.1 Å². The third-order valence-electron chi connectivity index (χ3n) is 7.36. The van der Waals surface area contributed by atoms with E-state index in [2.05, 4.69) is 45.2 Å². The first kappa shape index (κ1) is 26.7. The van der Waals surface area contributed by atoms with Crippen molar-refractivity contribution in [3.8, 4) is 0 Å². The minimum absolute atomic E-state index is 0.295. The Labute approximate surface area is 239 Å². The number of amidine groups is 1. The van der Waals surface area contributed by atoms with Crippen LogP contribution in [0, 0.1) is 12.7 Å². The number of nitrogens with zero attached hydrogens (tertiary/aromatic N) is 6. The molecule has 1 N–H and O–H groups in total. The topological polar surface area (TPSA) is 86.2 Å². The molecule has 1 fully saturated rings. The minimum atomic E-state index is -0.534. The van der Waals surface area contributed by atoms with Gasteiger partial charge in [0.15, 0.2) is 0 Å². The molecule has 4 heterocycles. The number of piperazine rings is 1. The van der Waals surface area contributed by atoms with Gasteiger partial charge < -0.3 is 24.8 Å². The van der Waals surface area contributed by atoms with Gasteiger partial charge in [0, 0.05) is 55.7 Å². The van der Waals surface area contributed by atoms with Crippen LogP contribution in [0.2, 0.25) is 0 Å². The standard InChI is InChI=1S/C31H34FN7O2/c1-20-7-5-6-8-23(20)24-17-21-19-34-29(36-27(21)39-12-11-33-28(24)39)35-26-10-9-22(18-25(26)32)37-13-15-38(16-14-37)30(40)41-31(2,3)4/h5-10,17-19H,11-16H2,1-4H3,(H,34,35,36). The molecule has 1 aromatic heterocycles. The molecular formula is C31H34FN7O2. The summed E-state index contributed by atoms with van der Waals surface area (Å²) < 4.78 is 20.7. The summed E-state index contributed by atoms with van der Waals surface area (Å²) in [5.41, 5.74) is 4.80. The summed E-state index contributed by atoms with van der Waals surface area (Å²) in [7, 11) is 0. The number of aliphatic imine (C=N–C) groups is 1. The molecule has 0 bridgehead atoms. The Morgan fingerprint density at radius 2 is 1.83 bits per heavy atom. The van der Waals surface area contributed by atoms with Crippen LogP contribution in [0.4, 0.5) is 32.3 Å². The molecule has 2 aromatic carbocycles. The quantitative estimate of drug-likeness (QED) is 0.455. The summed E-state index contributed by atoms with van der Waals surface area (Å²) in [6.07, 6.45) is 3.54. The molecule has 3 aliphatic rings. The number of carbonyl (C=O) groups excluding carboxylic acids is 1. The van der Waals surface area contributed by atoms with Crippen LogP contribution in [0.25, 0.3) is 11.6 Å². The van der Waals surface area contributed by atoms with E-state index in [1.807, 2.05) is 39.0 Å². The number of aryl methyl sites for hydroxylation is 1. The average molecular weight is 556 g/mol. The number of halogens is 1. The minimum Gasteiger partial charge on any atom is -0.444 e. The lowest BCUT2D eigenvalue weighted by Crippen LogP contribution is -2.50. The SMILES string of the molecule is Cc1ccccc1C1=Cc2cnc(Nc3ccc(N4CCN(C(=O)OC(C)(C)C)CC4)cc3F)nc2N2CCN=C12. The molecule has 0 unspecified atom stereocenters. The van der Waals surface area contributed by atoms with E-state index in [9.17, 15) is 4.79 Å². The van der Waals surface area contributed by atoms with Crippen LogP contribution < -0.4 is 15.1 Å². The highest BCUT2D eigenvalue weighted by molar-refractivity contribution is 6.35. The van der Waals surface area contributed by atoms with Crippen molar-refractivity contribution >= 4 is 46.7 Å². The molecular weight excluding hydrogens is 521 g/mol. The predicted octanol–water partition coefficient (Wildman–Crippen LogP) is 5.50. The van der Waals surface area contributed by atoms with Crippen molar-refractivity contribution in [2.24, 2.45) is 4.99 Å². The maximum atomic E-state index is 15.2. The number of hydrogen-bond acceptors (Lipinski definition) is 8. The fourth-order valence-electron chi connectivity index (χ4n) is 5.33. The third-order valence-corrected chi connectivity index (χ3v) is 7.36. The van der Waals surface area contributed by atoms with Crippen LogP contribution in [-0.4, -0.2) is 71.7 Å². The highest BCUT2D eigenvalue weighted by Crippen LogP contribution is 2.36. The van der Waals surface area contributed by atoms with Crippen LogP contribution in [0.3, 0.4) is 0 Å². The molecule has 0 radical (unpaired) electrons. The number of amides is 1. The van der Waals surface area contributed by atoms with Gasteiger partial charge in [-0.2, -0.15) is 4.98 Å². The zero-order chi connectivity index (χ0) is 28.7. The van der Waals surface area contributed by atoms with Crippen LogP contribution in [-0.2, 0) is 4.74 Å². The van der Waals surface area contributed by atoms with E-state index in [1.54, 1.807) is 17.2 Å². The molecule has 1 saturated heterocycles. The molecule has 3 aromatic rings. The van der Waals surface area contributed by atoms with E-state index in [0.717, 1.165) is 40.6 Å². The van der Waals surface area contributed by atoms with Crippen LogP contribution in [0.5, 0.6) is 0 Å². The lowest BCUT2D eigenvalue weighted by Gasteiger charge is -2.36. The van der Waals surface area contributed by atoms with Crippen molar-refractivity contribution in [3.63, 3.8) is 0 Å². The van der Waals surface area contributed by atoms with E-state index in [1.165, 1.54) is 11.6 Å². The van der Waals surface area contributed by atoms with Crippen molar-refractivity contribution in [1.29, 1.82) is 0 Å². The number of ether oxygens (including phenoxy) is 1. The highest BCUT2D eigenvalue weighted by Gasteiger charge is 2.31. The smallest absolute Gasteiger partial charge is 0.410 e. The number of carbonyl (C=O) groups is 1. The Hall–Kier alpha value is -4.47. The van der Waals surface area contributed by atoms with Gasteiger partial charge in [-0.25, -0.2) is 14.2 Å². The molecule has 212 valence electrons. The first-order valence-corrected chi connectivity index (χ1v) is 13.9. The molecule has 9 nitrogen and oxygen atoms in total. The summed E-state index contributed by atoms with van der Waals surface area (Å²) in [6.45, 7) is 11.3. The molecule has 0 spiro atoms. The number of anilines is 4. The molecule has 1 amide bonds. The molecule has 0 saturated carbocycles. The van der Waals surface area contributed by atoms with Gasteiger partial charge in [-0.1, -0.05) is 24.3 Å². The van der Waals surface area contributed by atoms with Crippen molar-refractivity contribution in [3.05, 3.63) is 71.2 Å². The Morgan fingerprint density at radius 3 is 2.56 bits per heavy atom. The summed E-state index contributed by atoms with van der Waals surface area (Å²) >= 11 is 0. The van der Waals surface area contributed by atoms with E-state index < -0.39 is 11.4 Å². The summed E-state index contributed by atoms with van der Waals surface area (Å²) in [5, 5.41) is 3.06. The Kier molecular flexibility index (Phi) is 6.84. The van der Waals surface area contributed by atoms with Crippen LogP contribution in [0.15, 0.2) is 53.7 Å². The van der Waals surface area contributed by atoms with Crippen LogP contribution >= 0.6 is 0 Å². The van der Waals surface area contributed by atoms with Gasteiger partial charge in [0.25, 0.3) is 0 Å². The van der Waals surface area contributed by atoms with E-state index in [0.29, 0.717) is 44.4 Å². The number of hydrogen-bond donors (Lipinski definition) is 1. The summed E-state index contributed by atoms with van der Waals surface area (Å²) in [5.74, 6) is 1.58. The average Bonchev–Trinajstić information content (AvgIpc) is 3.44. The third kappa shape index (κ3) is 5.46. The first-order chi connectivity index (χ1) is 19.7. The predicted molar refractivity (Wildman–Crippen MR) is 160 cm³/mol. The number of aromatic nitrogens is 2. The molecule has 0 aliphatic carbocycles. The second-order valence-corrected chi connectivity index (χ2v) is 11.4. The van der Waals surface area contributed by atoms with Crippen molar-refractivity contribution in [1.82, 2.24) is 14.9 Å². The van der Waals surface area contributed by atoms with Gasteiger partial charge in [-0.15, -0.1) is 0 Å². The molecule has 0 atom stereocenters. The zero-order valence-corrected chi connectivity index (χ0v) is 23.8. The fourth-order valence-corrected chi connectivity index (χ4v) is 5.33. The second-order valence-electron chi connectivity index (χ2n) is 11.4. The van der Waals surface area contributed by atoms with Gasteiger partial charge in [0.05, 0.1) is 12.2 Å². The van der Waals surface area contributed by atoms with Crippen molar-refractivity contribution < 1.29 is 13.9 Å². The van der Waals surface area contributed by atoms with E-state index in [-0.39, 0.29) is 6.09 Å². The molecule has 10 heteroatoms. The number of rotatable bonds is 4. The van der Waals surface area contributed by atoms with Gasteiger partial charge in [-0.05, 0) is 63.1 Å². The zero-order valence-electron chi connectivity index (χ0n) is 23.8. The van der Waals surface area contributed by atoms with Crippen molar-refractivity contribution in [2.45, 2.75) is 33.3 Å². The van der Waals surface area contributed by atoms with Crippen molar-refractivity contribution in [2.75, 3.05) is 54.4 Å². The molecule has 6 rings (SSSR count). The second kappa shape index (κ2) is 10.5. The molecule has 3 aliphatic heterocycles. The number of nitrogens with one attached hydrogen (secondary N) is 1. The molecule has 41 heavy (non-hydrogen) atoms. The Bertz CT molecular complexity index is 1550. The summed E-state index contributed by atoms with van der Waals surface area (Å²) in [6, 6.07) is 13.3.